The van der Waals surface area contributed by atoms with Gasteiger partial charge in [-0.05, 0) is 87.5 Å². The van der Waals surface area contributed by atoms with E-state index in [1.54, 1.807) is 0 Å². The predicted molar refractivity (Wildman–Crippen MR) is 115 cm³/mol. The number of hydrogen-bond donors (Lipinski definition) is 1. The molecule has 1 amide bonds. The lowest BCUT2D eigenvalue weighted by Crippen LogP contribution is -2.63. The smallest absolute Gasteiger partial charge is 0.243 e. The molecule has 0 aromatic heterocycles. The zero-order chi connectivity index (χ0) is 21.8. The highest BCUT2D eigenvalue weighted by Crippen LogP contribution is 2.55. The molecule has 4 bridgehead atoms. The van der Waals surface area contributed by atoms with Gasteiger partial charge in [0, 0.05) is 31.7 Å². The molecule has 1 heterocycles. The molecule has 1 N–H and O–H groups in total. The van der Waals surface area contributed by atoms with Crippen molar-refractivity contribution in [2.24, 2.45) is 17.8 Å². The van der Waals surface area contributed by atoms with Crippen molar-refractivity contribution in [2.45, 2.75) is 61.9 Å². The maximum atomic E-state index is 13.1. The molecule has 1 saturated heterocycles. The highest BCUT2D eigenvalue weighted by molar-refractivity contribution is 7.89. The Kier molecular flexibility index (Phi) is 5.38. The second-order valence-electron chi connectivity index (χ2n) is 10.3. The van der Waals surface area contributed by atoms with Gasteiger partial charge in [0.2, 0.25) is 15.9 Å². The molecule has 6 nitrogen and oxygen atoms in total. The Morgan fingerprint density at radius 3 is 2.03 bits per heavy atom. The van der Waals surface area contributed by atoms with Gasteiger partial charge in [-0.3, -0.25) is 9.69 Å². The molecule has 6 rings (SSSR count). The monoisotopic (exact) mass is 449 g/mol. The molecular formula is C23H32FN3O3S. The number of nitrogens with one attached hydrogen (secondary N) is 1. The summed E-state index contributed by atoms with van der Waals surface area (Å²) in [5.41, 5.74) is -0.00611. The molecule has 5 aliphatic rings. The number of carbonyl (C=O) groups excluding carboxylic acids is 1. The normalized spacial score (nSPS) is 34.6. The molecule has 5 fully saturated rings. The first-order valence-corrected chi connectivity index (χ1v) is 13.0. The Morgan fingerprint density at radius 1 is 1.00 bits per heavy atom. The summed E-state index contributed by atoms with van der Waals surface area (Å²) in [6.45, 7) is 3.61. The van der Waals surface area contributed by atoms with E-state index in [2.05, 4.69) is 10.2 Å². The van der Waals surface area contributed by atoms with Gasteiger partial charge >= 0.3 is 0 Å². The van der Waals surface area contributed by atoms with Crippen LogP contribution in [0, 0.1) is 23.6 Å². The van der Waals surface area contributed by atoms with Gasteiger partial charge in [-0.25, -0.2) is 12.8 Å². The fourth-order valence-corrected chi connectivity index (χ4v) is 8.30. The lowest BCUT2D eigenvalue weighted by atomic mass is 9.53. The lowest BCUT2D eigenvalue weighted by Gasteiger charge is -2.57. The summed E-state index contributed by atoms with van der Waals surface area (Å²) in [5, 5.41) is 3.45. The zero-order valence-electron chi connectivity index (χ0n) is 18.1. The van der Waals surface area contributed by atoms with Crippen LogP contribution >= 0.6 is 0 Å². The van der Waals surface area contributed by atoms with Gasteiger partial charge < -0.3 is 5.32 Å². The Morgan fingerprint density at radius 2 is 1.52 bits per heavy atom. The number of nitrogens with zero attached hydrogens (tertiary/aromatic N) is 2. The summed E-state index contributed by atoms with van der Waals surface area (Å²) in [6, 6.07) is 4.67. The molecule has 31 heavy (non-hydrogen) atoms. The van der Waals surface area contributed by atoms with Gasteiger partial charge in [0.1, 0.15) is 5.82 Å². The molecule has 1 aromatic rings. The molecule has 1 atom stereocenters. The average molecular weight is 450 g/mol. The largest absolute Gasteiger partial charge is 0.349 e. The fraction of sp³-hybridized carbons (Fsp3) is 0.696. The number of hydrogen-bond acceptors (Lipinski definition) is 4. The maximum absolute atomic E-state index is 13.1. The third-order valence-corrected chi connectivity index (χ3v) is 9.99. The van der Waals surface area contributed by atoms with Crippen LogP contribution in [-0.2, 0) is 14.8 Å². The van der Waals surface area contributed by atoms with Gasteiger partial charge in [-0.2, -0.15) is 4.31 Å². The van der Waals surface area contributed by atoms with E-state index < -0.39 is 15.8 Å². The molecule has 1 aliphatic heterocycles. The number of halogens is 1. The topological polar surface area (TPSA) is 69.7 Å². The first-order chi connectivity index (χ1) is 14.7. The van der Waals surface area contributed by atoms with Gasteiger partial charge in [0.05, 0.1) is 10.9 Å². The van der Waals surface area contributed by atoms with Crippen molar-refractivity contribution in [1.29, 1.82) is 0 Å². The number of benzene rings is 1. The van der Waals surface area contributed by atoms with Gasteiger partial charge in [0.15, 0.2) is 0 Å². The molecule has 0 spiro atoms. The van der Waals surface area contributed by atoms with Crippen LogP contribution in [-0.4, -0.2) is 61.3 Å². The van der Waals surface area contributed by atoms with Crippen molar-refractivity contribution in [1.82, 2.24) is 14.5 Å². The van der Waals surface area contributed by atoms with Crippen molar-refractivity contribution in [3.05, 3.63) is 30.1 Å². The van der Waals surface area contributed by atoms with E-state index in [9.17, 15) is 17.6 Å². The van der Waals surface area contributed by atoms with Crippen LogP contribution in [0.2, 0.25) is 0 Å². The molecular weight excluding hydrogens is 417 g/mol. The van der Waals surface area contributed by atoms with Crippen molar-refractivity contribution in [3.63, 3.8) is 0 Å². The van der Waals surface area contributed by atoms with E-state index in [-0.39, 0.29) is 22.4 Å². The quantitative estimate of drug-likeness (QED) is 0.750. The van der Waals surface area contributed by atoms with Crippen molar-refractivity contribution < 1.29 is 17.6 Å². The number of rotatable bonds is 5. The summed E-state index contributed by atoms with van der Waals surface area (Å²) in [7, 11) is -3.65. The number of piperazine rings is 1. The van der Waals surface area contributed by atoms with Crippen LogP contribution in [0.15, 0.2) is 29.2 Å². The van der Waals surface area contributed by atoms with Crippen LogP contribution in [0.25, 0.3) is 0 Å². The minimum Gasteiger partial charge on any atom is -0.349 e. The molecule has 4 saturated carbocycles. The van der Waals surface area contributed by atoms with E-state index >= 15 is 0 Å². The molecule has 4 aliphatic carbocycles. The van der Waals surface area contributed by atoms with E-state index in [0.29, 0.717) is 26.2 Å². The first kappa shape index (κ1) is 21.3. The van der Waals surface area contributed by atoms with Crippen molar-refractivity contribution >= 4 is 15.9 Å². The minimum absolute atomic E-state index is 0.00611. The molecule has 1 aromatic carbocycles. The van der Waals surface area contributed by atoms with Gasteiger partial charge in [-0.1, -0.05) is 0 Å². The lowest BCUT2D eigenvalue weighted by molar-refractivity contribution is -0.132. The van der Waals surface area contributed by atoms with Gasteiger partial charge in [-0.15, -0.1) is 0 Å². The van der Waals surface area contributed by atoms with Crippen LogP contribution < -0.4 is 5.32 Å². The van der Waals surface area contributed by atoms with Crippen molar-refractivity contribution in [3.8, 4) is 0 Å². The van der Waals surface area contributed by atoms with E-state index in [4.69, 9.17) is 0 Å². The molecule has 8 heteroatoms. The third kappa shape index (κ3) is 4.02. The SMILES string of the molecule is CC(C(=O)NC12CC3CC(CC(C3)C1)C2)N1CCN(S(=O)(=O)c2ccc(F)cc2)CC1. The third-order valence-electron chi connectivity index (χ3n) is 8.08. The number of sulfonamides is 1. The molecule has 170 valence electrons. The summed E-state index contributed by atoms with van der Waals surface area (Å²) in [5.74, 6) is 1.96. The Bertz CT molecular complexity index is 906. The summed E-state index contributed by atoms with van der Waals surface area (Å²) in [6.07, 6.45) is 7.41. The second-order valence-corrected chi connectivity index (χ2v) is 12.2. The number of carbonyl (C=O) groups is 1. The fourth-order valence-electron chi connectivity index (χ4n) is 6.88. The van der Waals surface area contributed by atoms with E-state index in [0.717, 1.165) is 37.0 Å². The number of amides is 1. The summed E-state index contributed by atoms with van der Waals surface area (Å²) < 4.78 is 40.2. The Balaban J connectivity index is 1.19. The highest BCUT2D eigenvalue weighted by Gasteiger charge is 2.52. The highest BCUT2D eigenvalue weighted by atomic mass is 32.2. The standard InChI is InChI=1S/C23H32FN3O3S/c1-16(22(28)25-23-13-17-10-18(14-23)12-19(11-17)15-23)26-6-8-27(9-7-26)31(29,30)21-4-2-20(24)3-5-21/h2-5,16-19H,6-15H2,1H3,(H,25,28). The second kappa shape index (κ2) is 7.81. The van der Waals surface area contributed by atoms with Crippen LogP contribution in [0.5, 0.6) is 0 Å². The average Bonchev–Trinajstić information content (AvgIpc) is 2.72. The van der Waals surface area contributed by atoms with Crippen LogP contribution in [0.1, 0.15) is 45.4 Å². The minimum atomic E-state index is -3.65. The Hall–Kier alpha value is -1.51. The summed E-state index contributed by atoms with van der Waals surface area (Å²) in [4.78, 5) is 15.3. The maximum Gasteiger partial charge on any atom is 0.243 e. The van der Waals surface area contributed by atoms with Crippen LogP contribution in [0.3, 0.4) is 0 Å². The van der Waals surface area contributed by atoms with Gasteiger partial charge in [0.25, 0.3) is 0 Å². The van der Waals surface area contributed by atoms with Crippen LogP contribution in [0.4, 0.5) is 4.39 Å². The molecule has 0 radical (unpaired) electrons. The predicted octanol–water partition coefficient (Wildman–Crippen LogP) is 2.61. The van der Waals surface area contributed by atoms with Crippen molar-refractivity contribution in [2.75, 3.05) is 26.2 Å². The summed E-state index contributed by atoms with van der Waals surface area (Å²) >= 11 is 0. The molecule has 1 unspecified atom stereocenters. The van der Waals surface area contributed by atoms with E-state index in [1.807, 2.05) is 6.92 Å². The first-order valence-electron chi connectivity index (χ1n) is 11.6. The Labute approximate surface area is 184 Å². The zero-order valence-corrected chi connectivity index (χ0v) is 18.9. The van der Waals surface area contributed by atoms with E-state index in [1.165, 1.54) is 47.8 Å².